The van der Waals surface area contributed by atoms with E-state index in [-0.39, 0.29) is 27.6 Å². The van der Waals surface area contributed by atoms with Crippen LogP contribution in [0.3, 0.4) is 0 Å². The monoisotopic (exact) mass is 431 g/mol. The van der Waals surface area contributed by atoms with Crippen molar-refractivity contribution in [2.75, 3.05) is 7.11 Å². The molecule has 1 heterocycles. The number of alkyl halides is 3. The summed E-state index contributed by atoms with van der Waals surface area (Å²) >= 11 is 5.08. The van der Waals surface area contributed by atoms with E-state index in [0.29, 0.717) is 0 Å². The number of nitrogens with two attached hydrogens (primary N) is 1. The number of ether oxygens (including phenoxy) is 1. The van der Waals surface area contributed by atoms with Crippen molar-refractivity contribution < 1.29 is 26.3 Å². The molecule has 3 rings (SSSR count). The van der Waals surface area contributed by atoms with E-state index < -0.39 is 26.9 Å². The van der Waals surface area contributed by atoms with Crippen LogP contribution in [-0.2, 0) is 15.4 Å². The molecule has 0 radical (unpaired) electrons. The standard InChI is InChI=1S/C17H13ClF3N3O3S/c1-27-15-7-2-10(8-13(15)19)14-9-16(17(18,20)21)23-24(14)11-3-5-12(6-4-11)28(22,25)26/h2-9H,1H3,(H2,22,25,26). The van der Waals surface area contributed by atoms with Crippen LogP contribution in [-0.4, -0.2) is 25.3 Å². The van der Waals surface area contributed by atoms with Crippen LogP contribution in [0.25, 0.3) is 16.9 Å². The number of aromatic nitrogens is 2. The Hall–Kier alpha value is -2.56. The number of rotatable bonds is 5. The summed E-state index contributed by atoms with van der Waals surface area (Å²) in [4.78, 5) is -0.164. The number of nitrogens with zero attached hydrogens (tertiary/aromatic N) is 2. The summed E-state index contributed by atoms with van der Waals surface area (Å²) in [6.45, 7) is 0. The molecule has 6 nitrogen and oxygen atoms in total. The van der Waals surface area contributed by atoms with E-state index in [0.717, 1.165) is 16.8 Å². The van der Waals surface area contributed by atoms with Crippen molar-refractivity contribution in [2.24, 2.45) is 5.14 Å². The van der Waals surface area contributed by atoms with Gasteiger partial charge in [-0.1, -0.05) is 0 Å². The molecular formula is C17H13ClF3N3O3S. The van der Waals surface area contributed by atoms with Gasteiger partial charge in [-0.05, 0) is 60.1 Å². The molecule has 2 N–H and O–H groups in total. The lowest BCUT2D eigenvalue weighted by Crippen LogP contribution is -2.12. The fourth-order valence-electron chi connectivity index (χ4n) is 2.52. The van der Waals surface area contributed by atoms with Crippen LogP contribution >= 0.6 is 11.6 Å². The van der Waals surface area contributed by atoms with Gasteiger partial charge in [0.2, 0.25) is 10.0 Å². The second kappa shape index (κ2) is 7.12. The van der Waals surface area contributed by atoms with Crippen LogP contribution in [0.4, 0.5) is 13.2 Å². The molecule has 0 unspecified atom stereocenters. The quantitative estimate of drug-likeness (QED) is 0.625. The zero-order valence-electron chi connectivity index (χ0n) is 14.2. The van der Waals surface area contributed by atoms with Gasteiger partial charge in [0.1, 0.15) is 5.69 Å². The second-order valence-corrected chi connectivity index (χ2v) is 7.75. The Balaban J connectivity index is 2.18. The van der Waals surface area contributed by atoms with Crippen LogP contribution in [0.2, 0.25) is 0 Å². The minimum atomic E-state index is -3.93. The Bertz CT molecular complexity index is 1130. The molecule has 2 aromatic carbocycles. The van der Waals surface area contributed by atoms with Crippen molar-refractivity contribution in [2.45, 2.75) is 10.3 Å². The average Bonchev–Trinajstić information content (AvgIpc) is 3.07. The molecule has 28 heavy (non-hydrogen) atoms. The van der Waals surface area contributed by atoms with Gasteiger partial charge >= 0.3 is 5.38 Å². The summed E-state index contributed by atoms with van der Waals surface area (Å²) in [5.41, 5.74) is -0.171. The Morgan fingerprint density at radius 3 is 2.29 bits per heavy atom. The molecule has 0 spiro atoms. The molecule has 1 aromatic heterocycles. The fraction of sp³-hybridized carbons (Fsp3) is 0.118. The van der Waals surface area contributed by atoms with Gasteiger partial charge in [-0.25, -0.2) is 22.6 Å². The zero-order valence-corrected chi connectivity index (χ0v) is 15.8. The van der Waals surface area contributed by atoms with Crippen molar-refractivity contribution in [1.82, 2.24) is 9.78 Å². The number of methoxy groups -OCH3 is 1. The SMILES string of the molecule is COc1ccc(-c2cc(C(F)(F)Cl)nn2-c2ccc(S(N)(=O)=O)cc2)cc1F. The molecule has 0 amide bonds. The van der Waals surface area contributed by atoms with Gasteiger partial charge < -0.3 is 4.74 Å². The maximum Gasteiger partial charge on any atom is 0.366 e. The van der Waals surface area contributed by atoms with E-state index in [1.165, 1.54) is 43.5 Å². The van der Waals surface area contributed by atoms with E-state index in [1.54, 1.807) is 0 Å². The van der Waals surface area contributed by atoms with Gasteiger partial charge in [-0.3, -0.25) is 0 Å². The average molecular weight is 432 g/mol. The third-order valence-electron chi connectivity index (χ3n) is 3.86. The van der Waals surface area contributed by atoms with Crippen molar-refractivity contribution in [3.63, 3.8) is 0 Å². The van der Waals surface area contributed by atoms with Crippen LogP contribution in [0.15, 0.2) is 53.4 Å². The second-order valence-electron chi connectivity index (χ2n) is 5.71. The number of sulfonamides is 1. The first kappa shape index (κ1) is 20.2. The number of hydrogen-bond acceptors (Lipinski definition) is 4. The Morgan fingerprint density at radius 1 is 1.14 bits per heavy atom. The molecule has 0 fully saturated rings. The minimum absolute atomic E-state index is 0.0183. The molecule has 0 saturated carbocycles. The summed E-state index contributed by atoms with van der Waals surface area (Å²) in [7, 11) is -2.64. The van der Waals surface area contributed by atoms with Gasteiger partial charge in [0, 0.05) is 5.56 Å². The lowest BCUT2D eigenvalue weighted by Gasteiger charge is -2.10. The molecule has 0 bridgehead atoms. The highest BCUT2D eigenvalue weighted by Gasteiger charge is 2.33. The highest BCUT2D eigenvalue weighted by Crippen LogP contribution is 2.36. The Labute approximate surface area is 163 Å². The third kappa shape index (κ3) is 3.98. The molecule has 0 aliphatic carbocycles. The summed E-state index contributed by atoms with van der Waals surface area (Å²) in [5, 5.41) is 5.09. The van der Waals surface area contributed by atoms with Crippen LogP contribution < -0.4 is 9.88 Å². The topological polar surface area (TPSA) is 87.2 Å². The lowest BCUT2D eigenvalue weighted by atomic mass is 10.1. The van der Waals surface area contributed by atoms with E-state index >= 15 is 0 Å². The first-order chi connectivity index (χ1) is 13.0. The molecule has 148 valence electrons. The number of halogens is 4. The van der Waals surface area contributed by atoms with E-state index in [1.807, 2.05) is 0 Å². The van der Waals surface area contributed by atoms with Crippen LogP contribution in [0.1, 0.15) is 5.69 Å². The van der Waals surface area contributed by atoms with Crippen molar-refractivity contribution >= 4 is 21.6 Å². The van der Waals surface area contributed by atoms with Gasteiger partial charge in [-0.15, -0.1) is 0 Å². The fourth-order valence-corrected chi connectivity index (χ4v) is 3.13. The van der Waals surface area contributed by atoms with Crippen molar-refractivity contribution in [1.29, 1.82) is 0 Å². The molecule has 3 aromatic rings. The van der Waals surface area contributed by atoms with E-state index in [2.05, 4.69) is 5.10 Å². The lowest BCUT2D eigenvalue weighted by molar-refractivity contribution is 0.0895. The molecule has 0 atom stereocenters. The zero-order chi connectivity index (χ0) is 20.7. The maximum absolute atomic E-state index is 14.1. The van der Waals surface area contributed by atoms with Gasteiger partial charge in [0.05, 0.1) is 23.4 Å². The van der Waals surface area contributed by atoms with Gasteiger partial charge in [-0.2, -0.15) is 13.9 Å². The summed E-state index contributed by atoms with van der Waals surface area (Å²) in [5.74, 6) is -0.716. The largest absolute Gasteiger partial charge is 0.494 e. The molecular weight excluding hydrogens is 419 g/mol. The van der Waals surface area contributed by atoms with Crippen LogP contribution in [0, 0.1) is 5.82 Å². The summed E-state index contributed by atoms with van der Waals surface area (Å²) in [6, 6.07) is 9.96. The minimum Gasteiger partial charge on any atom is -0.494 e. The predicted octanol–water partition coefficient (Wildman–Crippen LogP) is 3.62. The maximum atomic E-state index is 14.1. The smallest absolute Gasteiger partial charge is 0.366 e. The van der Waals surface area contributed by atoms with Crippen molar-refractivity contribution in [3.05, 3.63) is 60.0 Å². The first-order valence-electron chi connectivity index (χ1n) is 7.65. The number of benzene rings is 2. The number of hydrogen-bond donors (Lipinski definition) is 1. The molecule has 0 aliphatic rings. The normalized spacial score (nSPS) is 12.2. The molecule has 11 heteroatoms. The van der Waals surface area contributed by atoms with Crippen molar-refractivity contribution in [3.8, 4) is 22.7 Å². The molecule has 0 aliphatic heterocycles. The van der Waals surface area contributed by atoms with Gasteiger partial charge in [0.15, 0.2) is 11.6 Å². The first-order valence-corrected chi connectivity index (χ1v) is 9.57. The Morgan fingerprint density at radius 2 is 1.79 bits per heavy atom. The van der Waals surface area contributed by atoms with Gasteiger partial charge in [0.25, 0.3) is 0 Å². The van der Waals surface area contributed by atoms with Crippen LogP contribution in [0.5, 0.6) is 5.75 Å². The number of primary sulfonamides is 1. The summed E-state index contributed by atoms with van der Waals surface area (Å²) < 4.78 is 70.0. The highest BCUT2D eigenvalue weighted by atomic mass is 35.5. The van der Waals surface area contributed by atoms with E-state index in [9.17, 15) is 21.6 Å². The third-order valence-corrected chi connectivity index (χ3v) is 4.98. The summed E-state index contributed by atoms with van der Waals surface area (Å²) in [6.07, 6.45) is 0. The van der Waals surface area contributed by atoms with E-state index in [4.69, 9.17) is 21.5 Å². The molecule has 0 saturated heterocycles. The highest BCUT2D eigenvalue weighted by molar-refractivity contribution is 7.89. The predicted molar refractivity (Wildman–Crippen MR) is 96.6 cm³/mol. The Kier molecular flexibility index (Phi) is 5.13.